The Hall–Kier alpha value is -1.62. The topological polar surface area (TPSA) is 29.5 Å². The molecule has 2 saturated heterocycles. The van der Waals surface area contributed by atoms with Crippen molar-refractivity contribution in [3.05, 3.63) is 57.2 Å². The number of fused-ring (bicyclic) bond motifs is 2. The van der Waals surface area contributed by atoms with Crippen molar-refractivity contribution in [2.75, 3.05) is 7.05 Å². The summed E-state index contributed by atoms with van der Waals surface area (Å²) < 4.78 is 5.95. The van der Waals surface area contributed by atoms with Crippen LogP contribution in [0, 0.1) is 0 Å². The number of halogens is 1. The van der Waals surface area contributed by atoms with Gasteiger partial charge in [-0.25, -0.2) is 4.79 Å². The van der Waals surface area contributed by atoms with Crippen LogP contribution in [0.1, 0.15) is 36.1 Å². The van der Waals surface area contributed by atoms with E-state index >= 15 is 0 Å². The second-order valence-electron chi connectivity index (χ2n) is 7.13. The van der Waals surface area contributed by atoms with Gasteiger partial charge >= 0.3 is 5.97 Å². The van der Waals surface area contributed by atoms with Gasteiger partial charge in [0.25, 0.3) is 0 Å². The first-order valence-corrected chi connectivity index (χ1v) is 10.3. The number of carbonyl (C=O) groups is 1. The fourth-order valence-corrected chi connectivity index (χ4v) is 4.86. The van der Waals surface area contributed by atoms with Crippen molar-refractivity contribution in [1.29, 1.82) is 0 Å². The summed E-state index contributed by atoms with van der Waals surface area (Å²) in [6.07, 6.45) is 6.22. The number of piperidine rings is 1. The second kappa shape index (κ2) is 7.55. The molecule has 0 radical (unpaired) electrons. The first-order chi connectivity index (χ1) is 12.6. The number of benzene rings is 1. The zero-order chi connectivity index (χ0) is 18.1. The molecule has 0 saturated carbocycles. The highest BCUT2D eigenvalue weighted by molar-refractivity contribution is 7.11. The molecule has 1 aromatic carbocycles. The van der Waals surface area contributed by atoms with Crippen molar-refractivity contribution in [3.8, 4) is 0 Å². The summed E-state index contributed by atoms with van der Waals surface area (Å²) in [4.78, 5) is 16.5. The van der Waals surface area contributed by atoms with E-state index in [1.54, 1.807) is 11.3 Å². The lowest BCUT2D eigenvalue weighted by Gasteiger charge is -2.35. The van der Waals surface area contributed by atoms with Crippen LogP contribution in [0.3, 0.4) is 0 Å². The zero-order valence-electron chi connectivity index (χ0n) is 14.7. The average molecular weight is 388 g/mol. The van der Waals surface area contributed by atoms with E-state index < -0.39 is 0 Å². The first kappa shape index (κ1) is 17.8. The van der Waals surface area contributed by atoms with Gasteiger partial charge in [0.2, 0.25) is 0 Å². The summed E-state index contributed by atoms with van der Waals surface area (Å²) in [5, 5.41) is 2.66. The molecule has 2 fully saturated rings. The number of nitrogens with zero attached hydrogens (tertiary/aromatic N) is 1. The Labute approximate surface area is 163 Å². The van der Waals surface area contributed by atoms with Gasteiger partial charge in [-0.1, -0.05) is 29.8 Å². The van der Waals surface area contributed by atoms with Crippen LogP contribution in [0.25, 0.3) is 11.6 Å². The molecule has 1 aromatic heterocycles. The number of thiophene rings is 1. The minimum atomic E-state index is -0.241. The average Bonchev–Trinajstić information content (AvgIpc) is 3.19. The van der Waals surface area contributed by atoms with E-state index in [9.17, 15) is 4.79 Å². The molecule has 0 aliphatic carbocycles. The monoisotopic (exact) mass is 387 g/mol. The second-order valence-corrected chi connectivity index (χ2v) is 8.55. The van der Waals surface area contributed by atoms with Crippen molar-refractivity contribution >= 4 is 40.6 Å². The Bertz CT molecular complexity index is 786. The fourth-order valence-electron chi connectivity index (χ4n) is 4.08. The van der Waals surface area contributed by atoms with E-state index in [-0.39, 0.29) is 12.1 Å². The number of rotatable bonds is 4. The summed E-state index contributed by atoms with van der Waals surface area (Å²) in [5.41, 5.74) is 1.43. The maximum atomic E-state index is 13.0. The fraction of sp³-hybridized carbons (Fsp3) is 0.381. The third kappa shape index (κ3) is 3.73. The highest BCUT2D eigenvalue weighted by Gasteiger charge is 2.40. The minimum Gasteiger partial charge on any atom is -0.459 e. The van der Waals surface area contributed by atoms with E-state index in [1.807, 2.05) is 47.9 Å². The lowest BCUT2D eigenvalue weighted by Crippen LogP contribution is -2.43. The van der Waals surface area contributed by atoms with Crippen molar-refractivity contribution in [2.45, 2.75) is 43.9 Å². The molecule has 4 rings (SSSR count). The largest absolute Gasteiger partial charge is 0.459 e. The van der Waals surface area contributed by atoms with Crippen LogP contribution in [0.4, 0.5) is 0 Å². The van der Waals surface area contributed by atoms with Crippen LogP contribution >= 0.6 is 22.9 Å². The molecular weight excluding hydrogens is 366 g/mol. The van der Waals surface area contributed by atoms with Crippen molar-refractivity contribution < 1.29 is 9.53 Å². The standard InChI is InChI=1S/C21H22ClNO2S/c1-23-16-8-9-17(23)12-18(11-16)25-21(24)20(13-19-3-2-10-26-19)14-4-6-15(22)7-5-14/h2-7,10,13,16-18H,8-9,11-12H2,1H3/b20-13-. The van der Waals surface area contributed by atoms with E-state index in [1.165, 1.54) is 12.8 Å². The molecule has 0 N–H and O–H groups in total. The van der Waals surface area contributed by atoms with Crippen molar-refractivity contribution in [1.82, 2.24) is 4.90 Å². The predicted molar refractivity (Wildman–Crippen MR) is 107 cm³/mol. The molecule has 2 aliphatic heterocycles. The number of esters is 1. The van der Waals surface area contributed by atoms with Gasteiger partial charge in [0.15, 0.2) is 0 Å². The lowest BCUT2D eigenvalue weighted by atomic mass is 10.00. The number of carbonyl (C=O) groups excluding carboxylic acids is 1. The molecule has 26 heavy (non-hydrogen) atoms. The maximum absolute atomic E-state index is 13.0. The Morgan fingerprint density at radius 1 is 1.19 bits per heavy atom. The summed E-state index contributed by atoms with van der Waals surface area (Å²) in [6, 6.07) is 12.4. The number of hydrogen-bond donors (Lipinski definition) is 0. The van der Waals surface area contributed by atoms with E-state index in [2.05, 4.69) is 11.9 Å². The van der Waals surface area contributed by atoms with Gasteiger partial charge in [-0.15, -0.1) is 11.3 Å². The van der Waals surface area contributed by atoms with Gasteiger partial charge in [-0.2, -0.15) is 0 Å². The molecule has 3 nitrogen and oxygen atoms in total. The van der Waals surface area contributed by atoms with Gasteiger partial charge < -0.3 is 9.64 Å². The summed E-state index contributed by atoms with van der Waals surface area (Å²) in [6.45, 7) is 0. The Kier molecular flexibility index (Phi) is 5.16. The third-order valence-electron chi connectivity index (χ3n) is 5.53. The Morgan fingerprint density at radius 2 is 1.88 bits per heavy atom. The smallest absolute Gasteiger partial charge is 0.339 e. The number of hydrogen-bond acceptors (Lipinski definition) is 4. The van der Waals surface area contributed by atoms with Gasteiger partial charge in [0.05, 0.1) is 5.57 Å². The van der Waals surface area contributed by atoms with Gasteiger partial charge in [-0.3, -0.25) is 0 Å². The first-order valence-electron chi connectivity index (χ1n) is 9.04. The summed E-state index contributed by atoms with van der Waals surface area (Å²) in [7, 11) is 2.19. The van der Waals surface area contributed by atoms with Crippen LogP contribution in [0.2, 0.25) is 5.02 Å². The zero-order valence-corrected chi connectivity index (χ0v) is 16.3. The predicted octanol–water partition coefficient (Wildman–Crippen LogP) is 5.11. The molecule has 5 heteroatoms. The quantitative estimate of drug-likeness (QED) is 0.539. The normalized spacial score (nSPS) is 26.1. The molecule has 2 bridgehead atoms. The molecule has 2 aliphatic rings. The van der Waals surface area contributed by atoms with Crippen LogP contribution in [0.15, 0.2) is 41.8 Å². The van der Waals surface area contributed by atoms with Gasteiger partial charge in [0, 0.05) is 34.8 Å². The van der Waals surface area contributed by atoms with E-state index in [4.69, 9.17) is 16.3 Å². The molecule has 136 valence electrons. The highest BCUT2D eigenvalue weighted by Crippen LogP contribution is 2.36. The molecule has 2 atom stereocenters. The van der Waals surface area contributed by atoms with Crippen molar-refractivity contribution in [2.24, 2.45) is 0 Å². The van der Waals surface area contributed by atoms with Crippen LogP contribution in [-0.2, 0) is 9.53 Å². The van der Waals surface area contributed by atoms with Gasteiger partial charge in [-0.05, 0) is 55.1 Å². The van der Waals surface area contributed by atoms with Crippen LogP contribution < -0.4 is 0 Å². The Morgan fingerprint density at radius 3 is 2.50 bits per heavy atom. The molecule has 0 spiro atoms. The van der Waals surface area contributed by atoms with Gasteiger partial charge in [0.1, 0.15) is 6.10 Å². The van der Waals surface area contributed by atoms with Crippen molar-refractivity contribution in [3.63, 3.8) is 0 Å². The van der Waals surface area contributed by atoms with E-state index in [0.717, 1.165) is 23.3 Å². The minimum absolute atomic E-state index is 0.00948. The van der Waals surface area contributed by atoms with Crippen LogP contribution in [-0.4, -0.2) is 36.1 Å². The summed E-state index contributed by atoms with van der Waals surface area (Å²) in [5.74, 6) is -0.241. The maximum Gasteiger partial charge on any atom is 0.339 e. The third-order valence-corrected chi connectivity index (χ3v) is 6.60. The SMILES string of the molecule is CN1C2CCC1CC(OC(=O)/C(=C\c1cccs1)c1ccc(Cl)cc1)C2. The molecule has 2 aromatic rings. The summed E-state index contributed by atoms with van der Waals surface area (Å²) >= 11 is 7.62. The Balaban J connectivity index is 1.56. The highest BCUT2D eigenvalue weighted by atomic mass is 35.5. The lowest BCUT2D eigenvalue weighted by molar-refractivity contribution is -0.144. The molecular formula is C21H22ClNO2S. The van der Waals surface area contributed by atoms with E-state index in [0.29, 0.717) is 22.7 Å². The number of ether oxygens (including phenoxy) is 1. The van der Waals surface area contributed by atoms with Crippen LogP contribution in [0.5, 0.6) is 0 Å². The molecule has 2 unspecified atom stereocenters. The molecule has 0 amide bonds. The molecule has 3 heterocycles.